The highest BCUT2D eigenvalue weighted by Gasteiger charge is 2.28. The number of carbonyl (C=O) groups is 1. The molecule has 0 radical (unpaired) electrons. The summed E-state index contributed by atoms with van der Waals surface area (Å²) in [6, 6.07) is 4.25. The van der Waals surface area contributed by atoms with E-state index < -0.39 is 0 Å². The largest absolute Gasteiger partial charge is 0.355 e. The van der Waals surface area contributed by atoms with Crippen molar-refractivity contribution in [2.24, 2.45) is 5.92 Å². The zero-order chi connectivity index (χ0) is 19.4. The summed E-state index contributed by atoms with van der Waals surface area (Å²) in [6.45, 7) is 8.77. The number of amides is 1. The molecule has 7 heteroatoms. The van der Waals surface area contributed by atoms with Crippen LogP contribution in [0.4, 0.5) is 5.82 Å². The van der Waals surface area contributed by atoms with Crippen LogP contribution in [-0.4, -0.2) is 57.0 Å². The molecule has 0 aromatic carbocycles. The first-order chi connectivity index (χ1) is 13.0. The maximum Gasteiger partial charge on any atom is 0.257 e. The van der Waals surface area contributed by atoms with Crippen molar-refractivity contribution in [3.05, 3.63) is 35.8 Å². The molecule has 0 aliphatic carbocycles. The minimum absolute atomic E-state index is 0.101. The lowest BCUT2D eigenvalue weighted by Gasteiger charge is -2.37. The number of rotatable bonds is 6. The van der Waals surface area contributed by atoms with Gasteiger partial charge in [0.1, 0.15) is 0 Å². The molecule has 3 heterocycles. The van der Waals surface area contributed by atoms with Gasteiger partial charge in [-0.3, -0.25) is 9.48 Å². The van der Waals surface area contributed by atoms with Crippen LogP contribution in [-0.2, 0) is 6.54 Å². The highest BCUT2D eigenvalue weighted by atomic mass is 16.2. The average Bonchev–Trinajstić information content (AvgIpc) is 3.06. The van der Waals surface area contributed by atoms with Crippen LogP contribution >= 0.6 is 0 Å². The van der Waals surface area contributed by atoms with E-state index in [4.69, 9.17) is 0 Å². The van der Waals surface area contributed by atoms with Crippen molar-refractivity contribution in [1.29, 1.82) is 0 Å². The first kappa shape index (κ1) is 19.3. The highest BCUT2D eigenvalue weighted by molar-refractivity contribution is 5.95. The van der Waals surface area contributed by atoms with Crippen molar-refractivity contribution in [3.8, 4) is 0 Å². The zero-order valence-corrected chi connectivity index (χ0v) is 16.8. The zero-order valence-electron chi connectivity index (χ0n) is 16.8. The molecule has 0 N–H and O–H groups in total. The van der Waals surface area contributed by atoms with Crippen LogP contribution in [0.1, 0.15) is 49.2 Å². The quantitative estimate of drug-likeness (QED) is 0.782. The Balaban J connectivity index is 1.59. The van der Waals surface area contributed by atoms with Crippen LogP contribution in [0.15, 0.2) is 24.5 Å². The van der Waals surface area contributed by atoms with E-state index in [1.165, 1.54) is 0 Å². The molecule has 1 amide bonds. The molecule has 1 saturated heterocycles. The van der Waals surface area contributed by atoms with Gasteiger partial charge in [-0.15, -0.1) is 5.10 Å². The third-order valence-corrected chi connectivity index (χ3v) is 5.47. The first-order valence-corrected chi connectivity index (χ1v) is 9.79. The summed E-state index contributed by atoms with van der Waals surface area (Å²) >= 11 is 0. The van der Waals surface area contributed by atoms with Crippen LogP contribution < -0.4 is 4.90 Å². The van der Waals surface area contributed by atoms with E-state index in [0.29, 0.717) is 12.0 Å². The Morgan fingerprint density at radius 1 is 1.33 bits per heavy atom. The summed E-state index contributed by atoms with van der Waals surface area (Å²) in [7, 11) is 2.05. The Bertz CT molecular complexity index is 749. The van der Waals surface area contributed by atoms with Crippen molar-refractivity contribution in [2.75, 3.05) is 25.0 Å². The maximum absolute atomic E-state index is 13.0. The number of likely N-dealkylation sites (tertiary alicyclic amines) is 1. The highest BCUT2D eigenvalue weighted by Crippen LogP contribution is 2.22. The van der Waals surface area contributed by atoms with Gasteiger partial charge in [-0.2, -0.15) is 10.2 Å². The van der Waals surface area contributed by atoms with E-state index in [-0.39, 0.29) is 5.91 Å². The van der Waals surface area contributed by atoms with Crippen molar-refractivity contribution in [2.45, 2.75) is 52.6 Å². The fourth-order valence-corrected chi connectivity index (χ4v) is 3.56. The van der Waals surface area contributed by atoms with E-state index in [1.54, 1.807) is 12.4 Å². The number of piperidine rings is 1. The Morgan fingerprint density at radius 2 is 2.07 bits per heavy atom. The third-order valence-electron chi connectivity index (χ3n) is 5.47. The molecular weight excluding hydrogens is 340 g/mol. The lowest BCUT2D eigenvalue weighted by molar-refractivity contribution is 0.0712. The van der Waals surface area contributed by atoms with Crippen LogP contribution in [0.3, 0.4) is 0 Å². The van der Waals surface area contributed by atoms with Gasteiger partial charge in [0.2, 0.25) is 0 Å². The second-order valence-corrected chi connectivity index (χ2v) is 7.77. The molecule has 3 rings (SSSR count). The number of aryl methyl sites for hydroxylation is 1. The Labute approximate surface area is 161 Å². The van der Waals surface area contributed by atoms with Crippen molar-refractivity contribution in [1.82, 2.24) is 24.9 Å². The van der Waals surface area contributed by atoms with Gasteiger partial charge in [0.15, 0.2) is 5.82 Å². The third kappa shape index (κ3) is 4.46. The molecule has 1 aliphatic rings. The number of carbonyl (C=O) groups excluding carboxylic acids is 1. The summed E-state index contributed by atoms with van der Waals surface area (Å²) in [5.74, 6) is 1.60. The van der Waals surface area contributed by atoms with E-state index in [2.05, 4.69) is 41.1 Å². The molecule has 146 valence electrons. The number of nitrogens with zero attached hydrogens (tertiary/aromatic N) is 6. The number of aromatic nitrogens is 4. The monoisotopic (exact) mass is 370 g/mol. The Kier molecular flexibility index (Phi) is 6.08. The molecule has 27 heavy (non-hydrogen) atoms. The number of hydrogen-bond acceptors (Lipinski definition) is 5. The lowest BCUT2D eigenvalue weighted by Crippen LogP contribution is -2.46. The minimum Gasteiger partial charge on any atom is -0.355 e. The van der Waals surface area contributed by atoms with Crippen molar-refractivity contribution >= 4 is 11.7 Å². The van der Waals surface area contributed by atoms with E-state index >= 15 is 0 Å². The fourth-order valence-electron chi connectivity index (χ4n) is 3.56. The van der Waals surface area contributed by atoms with Gasteiger partial charge in [-0.05, 0) is 44.2 Å². The van der Waals surface area contributed by atoms with E-state index in [1.807, 2.05) is 28.6 Å². The van der Waals surface area contributed by atoms with E-state index in [0.717, 1.165) is 56.0 Å². The maximum atomic E-state index is 13.0. The smallest absolute Gasteiger partial charge is 0.257 e. The minimum atomic E-state index is 0.101. The number of hydrogen-bond donors (Lipinski definition) is 0. The standard InChI is InChI=1S/C20H30N6O/c1-15(2)7-13-26-16(3)18(14-22-26)20(27)25-11-8-17(9-12-25)24(4)19-6-5-10-21-23-19/h5-6,10,14-15,17H,7-9,11-13H2,1-4H3. The topological polar surface area (TPSA) is 67.2 Å². The summed E-state index contributed by atoms with van der Waals surface area (Å²) in [4.78, 5) is 17.1. The SMILES string of the molecule is Cc1c(C(=O)N2CCC(N(C)c3cccnn3)CC2)cnn1CCC(C)C. The molecule has 2 aromatic rings. The molecule has 1 fully saturated rings. The van der Waals surface area contributed by atoms with Crippen molar-refractivity contribution < 1.29 is 4.79 Å². The van der Waals surface area contributed by atoms with E-state index in [9.17, 15) is 4.79 Å². The fraction of sp³-hybridized carbons (Fsp3) is 0.600. The normalized spacial score (nSPS) is 15.4. The lowest BCUT2D eigenvalue weighted by atomic mass is 10.0. The molecule has 0 atom stereocenters. The molecule has 0 unspecified atom stereocenters. The van der Waals surface area contributed by atoms with Gasteiger partial charge in [-0.1, -0.05) is 13.8 Å². The number of anilines is 1. The molecular formula is C20H30N6O. The molecule has 1 aliphatic heterocycles. The van der Waals surface area contributed by atoms with Gasteiger partial charge < -0.3 is 9.80 Å². The van der Waals surface area contributed by atoms with Crippen molar-refractivity contribution in [3.63, 3.8) is 0 Å². The second-order valence-electron chi connectivity index (χ2n) is 7.77. The second kappa shape index (κ2) is 8.50. The first-order valence-electron chi connectivity index (χ1n) is 9.79. The molecule has 0 saturated carbocycles. The average molecular weight is 371 g/mol. The van der Waals surface area contributed by atoms with Crippen LogP contribution in [0.25, 0.3) is 0 Å². The summed E-state index contributed by atoms with van der Waals surface area (Å²) in [6.07, 6.45) is 6.34. The van der Waals surface area contributed by atoms with Gasteiger partial charge in [0.25, 0.3) is 5.91 Å². The van der Waals surface area contributed by atoms with Gasteiger partial charge in [0.05, 0.1) is 11.8 Å². The van der Waals surface area contributed by atoms with Crippen LogP contribution in [0.5, 0.6) is 0 Å². The van der Waals surface area contributed by atoms with Crippen LogP contribution in [0, 0.1) is 12.8 Å². The van der Waals surface area contributed by atoms with Gasteiger partial charge >= 0.3 is 0 Å². The Hall–Kier alpha value is -2.44. The van der Waals surface area contributed by atoms with Crippen LogP contribution in [0.2, 0.25) is 0 Å². The van der Waals surface area contributed by atoms with Gasteiger partial charge in [0, 0.05) is 44.6 Å². The molecule has 0 bridgehead atoms. The molecule has 7 nitrogen and oxygen atoms in total. The summed E-state index contributed by atoms with van der Waals surface area (Å²) < 4.78 is 1.96. The summed E-state index contributed by atoms with van der Waals surface area (Å²) in [5, 5.41) is 12.6. The Morgan fingerprint density at radius 3 is 2.70 bits per heavy atom. The molecule has 2 aromatic heterocycles. The molecule has 0 spiro atoms. The predicted octanol–water partition coefficient (Wildman–Crippen LogP) is 2.77. The predicted molar refractivity (Wildman–Crippen MR) is 106 cm³/mol. The summed E-state index contributed by atoms with van der Waals surface area (Å²) in [5.41, 5.74) is 1.71. The van der Waals surface area contributed by atoms with Gasteiger partial charge in [-0.25, -0.2) is 0 Å².